The van der Waals surface area contributed by atoms with Crippen LogP contribution in [0.15, 0.2) is 42.6 Å². The van der Waals surface area contributed by atoms with Gasteiger partial charge in [0.15, 0.2) is 0 Å². The highest BCUT2D eigenvalue weighted by Crippen LogP contribution is 2.18. The Morgan fingerprint density at radius 2 is 2.07 bits per heavy atom. The number of aromatic nitrogens is 1. The summed E-state index contributed by atoms with van der Waals surface area (Å²) in [5.74, 6) is 0. The second-order valence-electron chi connectivity index (χ2n) is 3.22. The number of H-pyrrole nitrogens is 1. The Morgan fingerprint density at radius 3 is 2.93 bits per heavy atom. The lowest BCUT2D eigenvalue weighted by molar-refractivity contribution is 0.342. The van der Waals surface area contributed by atoms with Crippen molar-refractivity contribution in [3.63, 3.8) is 0 Å². The highest BCUT2D eigenvalue weighted by Gasteiger charge is 1.99. The van der Waals surface area contributed by atoms with Crippen LogP contribution in [0.4, 0.5) is 0 Å². The molecule has 2 aromatic rings. The van der Waals surface area contributed by atoms with Crippen molar-refractivity contribution in [2.24, 2.45) is 0 Å². The molecule has 2 rings (SSSR count). The normalized spacial score (nSPS) is 11.5. The fraction of sp³-hybridized carbons (Fsp3) is 0.167. The van der Waals surface area contributed by atoms with Crippen LogP contribution in [-0.2, 0) is 6.42 Å². The molecule has 0 unspecified atom stereocenters. The smallest absolute Gasteiger partial charge is 0.0612 e. The van der Waals surface area contributed by atoms with Crippen LogP contribution >= 0.6 is 0 Å². The van der Waals surface area contributed by atoms with E-state index in [2.05, 4.69) is 17.1 Å². The first-order valence-corrected chi connectivity index (χ1v) is 4.72. The lowest BCUT2D eigenvalue weighted by atomic mass is 10.1. The third-order valence-corrected chi connectivity index (χ3v) is 2.28. The topological polar surface area (TPSA) is 36.0 Å². The summed E-state index contributed by atoms with van der Waals surface area (Å²) < 4.78 is 0. The van der Waals surface area contributed by atoms with Crippen molar-refractivity contribution >= 4 is 10.9 Å². The molecule has 72 valence electrons. The first kappa shape index (κ1) is 9.03. The molecule has 0 aliphatic rings. The number of allylic oxidation sites excluding steroid dienone is 1. The molecule has 0 aliphatic carbocycles. The molecule has 1 aromatic carbocycles. The van der Waals surface area contributed by atoms with Gasteiger partial charge in [0.2, 0.25) is 0 Å². The van der Waals surface area contributed by atoms with Crippen LogP contribution < -0.4 is 0 Å². The van der Waals surface area contributed by atoms with Crippen LogP contribution in [0, 0.1) is 0 Å². The number of aliphatic hydroxyl groups excluding tert-OH is 1. The molecule has 1 heterocycles. The summed E-state index contributed by atoms with van der Waals surface area (Å²) in [5, 5.41) is 9.87. The second kappa shape index (κ2) is 4.11. The van der Waals surface area contributed by atoms with E-state index in [1.807, 2.05) is 24.4 Å². The van der Waals surface area contributed by atoms with E-state index in [-0.39, 0.29) is 6.61 Å². The van der Waals surface area contributed by atoms with Gasteiger partial charge in [0.25, 0.3) is 0 Å². The third-order valence-electron chi connectivity index (χ3n) is 2.28. The van der Waals surface area contributed by atoms with Crippen molar-refractivity contribution < 1.29 is 5.11 Å². The average molecular weight is 187 g/mol. The summed E-state index contributed by atoms with van der Waals surface area (Å²) in [4.78, 5) is 3.22. The van der Waals surface area contributed by atoms with Crippen LogP contribution in [-0.4, -0.2) is 16.7 Å². The zero-order chi connectivity index (χ0) is 9.80. The summed E-state index contributed by atoms with van der Waals surface area (Å²) in [6, 6.07) is 8.23. The molecule has 0 fully saturated rings. The number of benzene rings is 1. The number of fused-ring (bicyclic) bond motifs is 1. The van der Waals surface area contributed by atoms with Crippen molar-refractivity contribution in [3.05, 3.63) is 48.2 Å². The van der Waals surface area contributed by atoms with Gasteiger partial charge in [-0.1, -0.05) is 30.4 Å². The Bertz CT molecular complexity index is 442. The molecule has 0 atom stereocenters. The summed E-state index contributed by atoms with van der Waals surface area (Å²) in [7, 11) is 0. The van der Waals surface area contributed by atoms with Crippen molar-refractivity contribution in [2.75, 3.05) is 6.61 Å². The molecule has 2 heteroatoms. The maximum absolute atomic E-state index is 8.61. The molecule has 0 radical (unpaired) electrons. The van der Waals surface area contributed by atoms with Gasteiger partial charge in [-0.2, -0.15) is 0 Å². The van der Waals surface area contributed by atoms with Gasteiger partial charge < -0.3 is 10.1 Å². The Balaban J connectivity index is 2.29. The molecular formula is C12H13NO. The fourth-order valence-electron chi connectivity index (χ4n) is 1.59. The van der Waals surface area contributed by atoms with Gasteiger partial charge in [-0.15, -0.1) is 0 Å². The molecule has 0 amide bonds. The molecule has 0 spiro atoms. The summed E-state index contributed by atoms with van der Waals surface area (Å²) in [6.45, 7) is 0.113. The van der Waals surface area contributed by atoms with E-state index >= 15 is 0 Å². The molecule has 0 bridgehead atoms. The summed E-state index contributed by atoms with van der Waals surface area (Å²) >= 11 is 0. The molecule has 0 aliphatic heterocycles. The minimum Gasteiger partial charge on any atom is -0.392 e. The minimum atomic E-state index is 0.113. The molecule has 1 aromatic heterocycles. The third kappa shape index (κ3) is 1.70. The standard InChI is InChI=1S/C12H13NO/c14-8-4-3-5-10-9-13-12-7-2-1-6-11(10)12/h1-4,6-7,9,13-14H,5,8H2. The van der Waals surface area contributed by atoms with Crippen LogP contribution in [0.3, 0.4) is 0 Å². The first-order valence-electron chi connectivity index (χ1n) is 4.72. The Kier molecular flexibility index (Phi) is 2.65. The van der Waals surface area contributed by atoms with E-state index in [1.54, 1.807) is 6.08 Å². The fourth-order valence-corrected chi connectivity index (χ4v) is 1.59. The van der Waals surface area contributed by atoms with Crippen LogP contribution in [0.25, 0.3) is 10.9 Å². The zero-order valence-electron chi connectivity index (χ0n) is 7.90. The number of para-hydroxylation sites is 1. The number of aromatic amines is 1. The lowest BCUT2D eigenvalue weighted by Crippen LogP contribution is -1.78. The maximum Gasteiger partial charge on any atom is 0.0612 e. The van der Waals surface area contributed by atoms with E-state index in [9.17, 15) is 0 Å². The van der Waals surface area contributed by atoms with Crippen molar-refractivity contribution in [2.45, 2.75) is 6.42 Å². The van der Waals surface area contributed by atoms with Gasteiger partial charge in [-0.3, -0.25) is 0 Å². The van der Waals surface area contributed by atoms with Gasteiger partial charge >= 0.3 is 0 Å². The number of rotatable bonds is 3. The molecule has 0 saturated heterocycles. The number of hydrogen-bond acceptors (Lipinski definition) is 1. The van der Waals surface area contributed by atoms with E-state index in [4.69, 9.17) is 5.11 Å². The van der Waals surface area contributed by atoms with Crippen molar-refractivity contribution in [1.82, 2.24) is 4.98 Å². The first-order chi connectivity index (χ1) is 6.92. The monoisotopic (exact) mass is 187 g/mol. The largest absolute Gasteiger partial charge is 0.392 e. The lowest BCUT2D eigenvalue weighted by Gasteiger charge is -1.92. The molecule has 0 saturated carbocycles. The average Bonchev–Trinajstić information content (AvgIpc) is 2.63. The van der Waals surface area contributed by atoms with E-state index < -0.39 is 0 Å². The van der Waals surface area contributed by atoms with E-state index in [0.29, 0.717) is 0 Å². The SMILES string of the molecule is OCC=CCc1c[nH]c2ccccc12. The maximum atomic E-state index is 8.61. The Labute approximate surface area is 82.9 Å². The van der Waals surface area contributed by atoms with Crippen molar-refractivity contribution in [1.29, 1.82) is 0 Å². The van der Waals surface area contributed by atoms with Crippen molar-refractivity contribution in [3.8, 4) is 0 Å². The number of hydrogen-bond donors (Lipinski definition) is 2. The molecular weight excluding hydrogens is 174 g/mol. The number of nitrogens with one attached hydrogen (secondary N) is 1. The molecule has 2 N–H and O–H groups in total. The van der Waals surface area contributed by atoms with Gasteiger partial charge in [0.1, 0.15) is 0 Å². The van der Waals surface area contributed by atoms with Crippen LogP contribution in [0.1, 0.15) is 5.56 Å². The highest BCUT2D eigenvalue weighted by molar-refractivity contribution is 5.83. The second-order valence-corrected chi connectivity index (χ2v) is 3.22. The van der Waals surface area contributed by atoms with Gasteiger partial charge in [0, 0.05) is 17.1 Å². The summed E-state index contributed by atoms with van der Waals surface area (Å²) in [5.41, 5.74) is 2.44. The Morgan fingerprint density at radius 1 is 1.21 bits per heavy atom. The highest BCUT2D eigenvalue weighted by atomic mass is 16.2. The minimum absolute atomic E-state index is 0.113. The predicted molar refractivity (Wildman–Crippen MR) is 58.2 cm³/mol. The van der Waals surface area contributed by atoms with E-state index in [1.165, 1.54) is 16.5 Å². The molecule has 14 heavy (non-hydrogen) atoms. The Hall–Kier alpha value is -1.54. The van der Waals surface area contributed by atoms with Gasteiger partial charge in [0.05, 0.1) is 6.61 Å². The summed E-state index contributed by atoms with van der Waals surface area (Å²) in [6.07, 6.45) is 6.63. The van der Waals surface area contributed by atoms with E-state index in [0.717, 1.165) is 6.42 Å². The van der Waals surface area contributed by atoms with Crippen LogP contribution in [0.5, 0.6) is 0 Å². The predicted octanol–water partition coefficient (Wildman–Crippen LogP) is 2.26. The number of aliphatic hydroxyl groups is 1. The quantitative estimate of drug-likeness (QED) is 0.710. The zero-order valence-corrected chi connectivity index (χ0v) is 7.90. The van der Waals surface area contributed by atoms with Crippen LogP contribution in [0.2, 0.25) is 0 Å². The molecule has 2 nitrogen and oxygen atoms in total. The van der Waals surface area contributed by atoms with Gasteiger partial charge in [-0.05, 0) is 18.1 Å². The van der Waals surface area contributed by atoms with Gasteiger partial charge in [-0.25, -0.2) is 0 Å².